The first-order chi connectivity index (χ1) is 3.84. The van der Waals surface area contributed by atoms with Crippen LogP contribution >= 0.6 is 0 Å². The van der Waals surface area contributed by atoms with Gasteiger partial charge in [0.15, 0.2) is 0 Å². The summed E-state index contributed by atoms with van der Waals surface area (Å²) in [4.78, 5) is 20.0. The lowest BCUT2D eigenvalue weighted by Crippen LogP contribution is -2.23. The Labute approximate surface area is 47.2 Å². The molecule has 42 valence electrons. The van der Waals surface area contributed by atoms with Crippen LogP contribution in [0.1, 0.15) is 12.8 Å². The van der Waals surface area contributed by atoms with E-state index < -0.39 is 0 Å². The second-order valence-electron chi connectivity index (χ2n) is 1.90. The molecule has 0 saturated heterocycles. The van der Waals surface area contributed by atoms with Gasteiger partial charge in [-0.15, -0.1) is 0 Å². The lowest BCUT2D eigenvalue weighted by Gasteiger charge is -2.17. The number of Topliss-reactive ketones (excluding diaryl/α,β-unsaturated/α-hetero) is 1. The van der Waals surface area contributed by atoms with Crippen molar-refractivity contribution in [2.75, 3.05) is 0 Å². The van der Waals surface area contributed by atoms with Crippen molar-refractivity contribution in [3.05, 3.63) is 6.08 Å². The van der Waals surface area contributed by atoms with Gasteiger partial charge in [-0.3, -0.25) is 4.79 Å². The van der Waals surface area contributed by atoms with Crippen LogP contribution in [0.15, 0.2) is 6.08 Å². The summed E-state index contributed by atoms with van der Waals surface area (Å²) in [6.45, 7) is 0. The Balaban J connectivity index is 2.49. The third-order valence-electron chi connectivity index (χ3n) is 1.38. The molecule has 1 rings (SSSR count). The molecule has 2 heteroatoms. The highest BCUT2D eigenvalue weighted by molar-refractivity contribution is 5.89. The Hall–Kier alpha value is -0.880. The maximum Gasteiger partial charge on any atom is 0.140 e. The number of rotatable bonds is 1. The Kier molecular flexibility index (Phi) is 1.27. The van der Waals surface area contributed by atoms with Crippen LogP contribution in [-0.2, 0) is 9.59 Å². The summed E-state index contributed by atoms with van der Waals surface area (Å²) in [6, 6.07) is 0. The third kappa shape index (κ3) is 0.703. The fourth-order valence-corrected chi connectivity index (χ4v) is 0.687. The maximum atomic E-state index is 10.4. The van der Waals surface area contributed by atoms with Gasteiger partial charge in [0, 0.05) is 18.4 Å². The Morgan fingerprint density at radius 3 is 2.62 bits per heavy atom. The normalized spacial score (nSPS) is 26.0. The first-order valence-electron chi connectivity index (χ1n) is 2.58. The van der Waals surface area contributed by atoms with Gasteiger partial charge in [0.2, 0.25) is 0 Å². The molecule has 0 amide bonds. The molecule has 1 saturated carbocycles. The lowest BCUT2D eigenvalue weighted by molar-refractivity contribution is -0.127. The number of carbonyl (C=O) groups excluding carboxylic acids is 2. The minimum absolute atomic E-state index is 0.0903. The fraction of sp³-hybridized carbons (Fsp3) is 0.500. The Morgan fingerprint density at radius 1 is 1.75 bits per heavy atom. The highest BCUT2D eigenvalue weighted by Crippen LogP contribution is 2.21. The van der Waals surface area contributed by atoms with E-state index in [4.69, 9.17) is 0 Å². The van der Waals surface area contributed by atoms with Crippen LogP contribution in [0.5, 0.6) is 0 Å². The second-order valence-corrected chi connectivity index (χ2v) is 1.90. The molecule has 0 bridgehead atoms. The molecule has 8 heavy (non-hydrogen) atoms. The molecule has 0 radical (unpaired) electrons. The van der Waals surface area contributed by atoms with E-state index in [0.717, 1.165) is 6.42 Å². The van der Waals surface area contributed by atoms with Gasteiger partial charge in [-0.1, -0.05) is 0 Å². The Bertz CT molecular complexity index is 152. The number of hydrogen-bond donors (Lipinski definition) is 0. The predicted octanol–water partition coefficient (Wildman–Crippen LogP) is 0.353. The van der Waals surface area contributed by atoms with Crippen LogP contribution in [0.2, 0.25) is 0 Å². The van der Waals surface area contributed by atoms with E-state index in [9.17, 15) is 9.59 Å². The smallest absolute Gasteiger partial charge is 0.140 e. The molecular weight excluding hydrogens is 104 g/mol. The molecule has 1 aliphatic rings. The van der Waals surface area contributed by atoms with E-state index >= 15 is 0 Å². The van der Waals surface area contributed by atoms with Gasteiger partial charge in [0.25, 0.3) is 0 Å². The van der Waals surface area contributed by atoms with E-state index in [-0.39, 0.29) is 11.7 Å². The number of ketones is 1. The largest absolute Gasteiger partial charge is 0.299 e. The molecule has 1 unspecified atom stereocenters. The molecule has 0 aromatic rings. The van der Waals surface area contributed by atoms with Crippen molar-refractivity contribution >= 4 is 11.7 Å². The SMILES string of the molecule is O=C=CC1CCC1=O. The highest BCUT2D eigenvalue weighted by atomic mass is 16.1. The summed E-state index contributed by atoms with van der Waals surface area (Å²) < 4.78 is 0. The summed E-state index contributed by atoms with van der Waals surface area (Å²) >= 11 is 0. The van der Waals surface area contributed by atoms with Crippen LogP contribution in [0.4, 0.5) is 0 Å². The van der Waals surface area contributed by atoms with Gasteiger partial charge in [-0.2, -0.15) is 0 Å². The molecule has 0 aliphatic heterocycles. The summed E-state index contributed by atoms with van der Waals surface area (Å²) in [7, 11) is 0. The molecule has 1 aliphatic carbocycles. The van der Waals surface area contributed by atoms with Crippen molar-refractivity contribution in [2.24, 2.45) is 5.92 Å². The van der Waals surface area contributed by atoms with Gasteiger partial charge >= 0.3 is 0 Å². The first kappa shape index (κ1) is 5.26. The molecule has 0 heterocycles. The highest BCUT2D eigenvalue weighted by Gasteiger charge is 2.25. The van der Waals surface area contributed by atoms with E-state index in [1.165, 1.54) is 6.08 Å². The van der Waals surface area contributed by atoms with Gasteiger partial charge in [0.1, 0.15) is 11.7 Å². The molecule has 2 nitrogen and oxygen atoms in total. The van der Waals surface area contributed by atoms with Crippen molar-refractivity contribution in [2.45, 2.75) is 12.8 Å². The van der Waals surface area contributed by atoms with Crippen molar-refractivity contribution in [1.29, 1.82) is 0 Å². The standard InChI is InChI=1S/C6H6O2/c7-4-3-5-1-2-6(5)8/h3,5H,1-2H2. The molecule has 0 N–H and O–H groups in total. The van der Waals surface area contributed by atoms with Crippen LogP contribution in [-0.4, -0.2) is 11.7 Å². The van der Waals surface area contributed by atoms with Crippen molar-refractivity contribution in [3.8, 4) is 0 Å². The minimum Gasteiger partial charge on any atom is -0.299 e. The predicted molar refractivity (Wildman–Crippen MR) is 28.0 cm³/mol. The Morgan fingerprint density at radius 2 is 2.50 bits per heavy atom. The topological polar surface area (TPSA) is 34.1 Å². The van der Waals surface area contributed by atoms with Gasteiger partial charge in [-0.25, -0.2) is 4.79 Å². The van der Waals surface area contributed by atoms with Crippen LogP contribution < -0.4 is 0 Å². The van der Waals surface area contributed by atoms with Gasteiger partial charge < -0.3 is 0 Å². The van der Waals surface area contributed by atoms with E-state index in [1.807, 2.05) is 0 Å². The van der Waals surface area contributed by atoms with Crippen LogP contribution in [0.25, 0.3) is 0 Å². The average molecular weight is 110 g/mol. The van der Waals surface area contributed by atoms with Crippen LogP contribution in [0.3, 0.4) is 0 Å². The quantitative estimate of drug-likeness (QED) is 0.456. The molecular formula is C6H6O2. The summed E-state index contributed by atoms with van der Waals surface area (Å²) in [5, 5.41) is 0. The average Bonchev–Trinajstić information content (AvgIpc) is 1.79. The minimum atomic E-state index is -0.0903. The second kappa shape index (κ2) is 1.93. The summed E-state index contributed by atoms with van der Waals surface area (Å²) in [5.41, 5.74) is 0. The zero-order chi connectivity index (χ0) is 5.98. The first-order valence-corrected chi connectivity index (χ1v) is 2.58. The lowest BCUT2D eigenvalue weighted by atomic mass is 9.84. The summed E-state index contributed by atoms with van der Waals surface area (Å²) in [6.07, 6.45) is 2.78. The zero-order valence-corrected chi connectivity index (χ0v) is 4.39. The monoisotopic (exact) mass is 110 g/mol. The fourth-order valence-electron chi connectivity index (χ4n) is 0.687. The maximum absolute atomic E-state index is 10.4. The molecule has 0 spiro atoms. The zero-order valence-electron chi connectivity index (χ0n) is 4.39. The van der Waals surface area contributed by atoms with Crippen molar-refractivity contribution in [1.82, 2.24) is 0 Å². The molecule has 0 aromatic heterocycles. The summed E-state index contributed by atoms with van der Waals surface area (Å²) in [5.74, 6) is 1.69. The molecule has 0 aromatic carbocycles. The van der Waals surface area contributed by atoms with Crippen LogP contribution in [0, 0.1) is 5.92 Å². The van der Waals surface area contributed by atoms with E-state index in [0.29, 0.717) is 6.42 Å². The van der Waals surface area contributed by atoms with Gasteiger partial charge in [0.05, 0.1) is 0 Å². The van der Waals surface area contributed by atoms with Gasteiger partial charge in [-0.05, 0) is 6.42 Å². The molecule has 1 atom stereocenters. The van der Waals surface area contributed by atoms with Crippen molar-refractivity contribution in [3.63, 3.8) is 0 Å². The van der Waals surface area contributed by atoms with E-state index in [1.54, 1.807) is 5.94 Å². The van der Waals surface area contributed by atoms with Crippen molar-refractivity contribution < 1.29 is 9.59 Å². The third-order valence-corrected chi connectivity index (χ3v) is 1.38. The number of carbonyl (C=O) groups is 1. The number of allylic oxidation sites excluding steroid dienone is 1. The van der Waals surface area contributed by atoms with E-state index in [2.05, 4.69) is 0 Å². The molecule has 1 fully saturated rings. The number of hydrogen-bond acceptors (Lipinski definition) is 2.